The fourth-order valence-electron chi connectivity index (χ4n) is 4.33. The molecule has 0 aromatic heterocycles. The molecule has 2 aromatic rings. The molecule has 2 aromatic carbocycles. The van der Waals surface area contributed by atoms with E-state index in [1.165, 1.54) is 7.05 Å². The van der Waals surface area contributed by atoms with E-state index >= 15 is 0 Å². The standard InChI is InChI=1S/C27H35N3O5/c1-4-14-34-15-13-30-26(32)21-8-6-7-19-23(17-35-27(33)28-3)22-16-18(9-11-20(22)25(19)21)10-12-24(31)29-5-2/h6-9,11,16,23H,4-5,10,12-15,17H2,1-3H3,(H,28,33)(H,29,31)(H,30,32). The lowest BCUT2D eigenvalue weighted by Gasteiger charge is -2.15. The first kappa shape index (κ1) is 26.2. The number of alkyl carbamates (subject to hydrolysis) is 1. The molecule has 1 atom stereocenters. The highest BCUT2D eigenvalue weighted by Crippen LogP contribution is 2.47. The molecule has 0 fully saturated rings. The van der Waals surface area contributed by atoms with Crippen LogP contribution in [0.1, 0.15) is 59.7 Å². The summed E-state index contributed by atoms with van der Waals surface area (Å²) in [6.45, 7) is 6.24. The van der Waals surface area contributed by atoms with Crippen LogP contribution in [0.3, 0.4) is 0 Å². The molecule has 0 saturated carbocycles. The van der Waals surface area contributed by atoms with Crippen LogP contribution >= 0.6 is 0 Å². The first-order valence-electron chi connectivity index (χ1n) is 12.2. The van der Waals surface area contributed by atoms with E-state index in [0.29, 0.717) is 44.7 Å². The van der Waals surface area contributed by atoms with E-state index < -0.39 is 6.09 Å². The molecule has 1 aliphatic carbocycles. The van der Waals surface area contributed by atoms with Crippen LogP contribution in [0.2, 0.25) is 0 Å². The number of hydrogen-bond acceptors (Lipinski definition) is 5. The van der Waals surface area contributed by atoms with E-state index in [-0.39, 0.29) is 24.3 Å². The van der Waals surface area contributed by atoms with Crippen LogP contribution < -0.4 is 16.0 Å². The summed E-state index contributed by atoms with van der Waals surface area (Å²) in [6.07, 6.45) is 1.42. The zero-order valence-electron chi connectivity index (χ0n) is 20.7. The third-order valence-electron chi connectivity index (χ3n) is 5.96. The first-order chi connectivity index (χ1) is 17.0. The Kier molecular flexibility index (Phi) is 9.66. The largest absolute Gasteiger partial charge is 0.449 e. The van der Waals surface area contributed by atoms with Crippen LogP contribution in [0.4, 0.5) is 4.79 Å². The van der Waals surface area contributed by atoms with E-state index in [1.807, 2.05) is 44.2 Å². The van der Waals surface area contributed by atoms with Gasteiger partial charge >= 0.3 is 6.09 Å². The van der Waals surface area contributed by atoms with Gasteiger partial charge < -0.3 is 25.4 Å². The van der Waals surface area contributed by atoms with E-state index in [0.717, 1.165) is 34.2 Å². The minimum atomic E-state index is -0.506. The van der Waals surface area contributed by atoms with E-state index in [9.17, 15) is 14.4 Å². The number of nitrogens with one attached hydrogen (secondary N) is 3. The third kappa shape index (κ3) is 6.60. The smallest absolute Gasteiger partial charge is 0.406 e. The Balaban J connectivity index is 1.89. The molecule has 1 unspecified atom stereocenters. The molecule has 8 nitrogen and oxygen atoms in total. The number of amides is 3. The van der Waals surface area contributed by atoms with Gasteiger partial charge in [-0.2, -0.15) is 0 Å². The monoisotopic (exact) mass is 481 g/mol. The molecule has 0 radical (unpaired) electrons. The van der Waals surface area contributed by atoms with Gasteiger partial charge in [0.25, 0.3) is 5.91 Å². The molecule has 0 saturated heterocycles. The highest BCUT2D eigenvalue weighted by Gasteiger charge is 2.33. The minimum Gasteiger partial charge on any atom is -0.449 e. The Morgan fingerprint density at radius 3 is 2.57 bits per heavy atom. The minimum absolute atomic E-state index is 0.0117. The van der Waals surface area contributed by atoms with Crippen molar-refractivity contribution in [2.24, 2.45) is 0 Å². The summed E-state index contributed by atoms with van der Waals surface area (Å²) < 4.78 is 10.9. The molecule has 8 heteroatoms. The van der Waals surface area contributed by atoms with Gasteiger partial charge in [-0.25, -0.2) is 4.79 Å². The van der Waals surface area contributed by atoms with Crippen LogP contribution in [0.15, 0.2) is 36.4 Å². The number of carbonyl (C=O) groups excluding carboxylic acids is 3. The molecule has 0 bridgehead atoms. The van der Waals surface area contributed by atoms with Gasteiger partial charge in [-0.15, -0.1) is 0 Å². The zero-order chi connectivity index (χ0) is 25.2. The lowest BCUT2D eigenvalue weighted by molar-refractivity contribution is -0.120. The topological polar surface area (TPSA) is 106 Å². The first-order valence-corrected chi connectivity index (χ1v) is 12.2. The molecule has 188 valence electrons. The highest BCUT2D eigenvalue weighted by molar-refractivity contribution is 6.03. The lowest BCUT2D eigenvalue weighted by Crippen LogP contribution is -2.28. The molecule has 3 amide bonds. The average molecular weight is 482 g/mol. The number of aryl methyl sites for hydroxylation is 1. The lowest BCUT2D eigenvalue weighted by atomic mass is 9.95. The predicted molar refractivity (Wildman–Crippen MR) is 135 cm³/mol. The summed E-state index contributed by atoms with van der Waals surface area (Å²) in [7, 11) is 1.52. The zero-order valence-corrected chi connectivity index (χ0v) is 20.7. The summed E-state index contributed by atoms with van der Waals surface area (Å²) in [5.74, 6) is -0.360. The molecular weight excluding hydrogens is 446 g/mol. The number of fused-ring (bicyclic) bond motifs is 3. The fourth-order valence-corrected chi connectivity index (χ4v) is 4.33. The van der Waals surface area contributed by atoms with Crippen molar-refractivity contribution in [2.45, 2.75) is 39.0 Å². The van der Waals surface area contributed by atoms with Crippen molar-refractivity contribution in [2.75, 3.05) is 40.0 Å². The molecule has 1 aliphatic rings. The van der Waals surface area contributed by atoms with Crippen LogP contribution in [0.25, 0.3) is 11.1 Å². The maximum Gasteiger partial charge on any atom is 0.406 e. The van der Waals surface area contributed by atoms with E-state index in [4.69, 9.17) is 9.47 Å². The van der Waals surface area contributed by atoms with Crippen molar-refractivity contribution >= 4 is 17.9 Å². The maximum absolute atomic E-state index is 13.1. The van der Waals surface area contributed by atoms with Crippen molar-refractivity contribution in [1.29, 1.82) is 0 Å². The van der Waals surface area contributed by atoms with Crippen LogP contribution in [-0.4, -0.2) is 57.9 Å². The van der Waals surface area contributed by atoms with Gasteiger partial charge in [0.15, 0.2) is 0 Å². The Hall–Kier alpha value is -3.39. The van der Waals surface area contributed by atoms with Gasteiger partial charge in [0.2, 0.25) is 5.91 Å². The molecule has 3 N–H and O–H groups in total. The summed E-state index contributed by atoms with van der Waals surface area (Å²) in [5, 5.41) is 8.24. The highest BCUT2D eigenvalue weighted by atomic mass is 16.5. The summed E-state index contributed by atoms with van der Waals surface area (Å²) in [6, 6.07) is 11.7. The van der Waals surface area contributed by atoms with Gasteiger partial charge in [-0.1, -0.05) is 37.3 Å². The maximum atomic E-state index is 13.1. The van der Waals surface area contributed by atoms with Gasteiger partial charge in [0, 0.05) is 44.6 Å². The Morgan fingerprint density at radius 1 is 1.00 bits per heavy atom. The summed E-state index contributed by atoms with van der Waals surface area (Å²) in [5.41, 5.74) is 5.34. The Labute approximate surface area is 206 Å². The van der Waals surface area contributed by atoms with Crippen LogP contribution in [0.5, 0.6) is 0 Å². The molecule has 0 heterocycles. The third-order valence-corrected chi connectivity index (χ3v) is 5.96. The van der Waals surface area contributed by atoms with E-state index in [1.54, 1.807) is 0 Å². The van der Waals surface area contributed by atoms with Gasteiger partial charge in [-0.3, -0.25) is 9.59 Å². The summed E-state index contributed by atoms with van der Waals surface area (Å²) in [4.78, 5) is 36.8. The fraction of sp³-hybridized carbons (Fsp3) is 0.444. The number of ether oxygens (including phenoxy) is 2. The van der Waals surface area contributed by atoms with Crippen LogP contribution in [-0.2, 0) is 20.7 Å². The molecule has 3 rings (SSSR count). The number of hydrogen-bond donors (Lipinski definition) is 3. The second kappa shape index (κ2) is 12.9. The van der Waals surface area contributed by atoms with Crippen LogP contribution in [0, 0.1) is 0 Å². The Morgan fingerprint density at radius 2 is 1.83 bits per heavy atom. The molecular formula is C27H35N3O5. The predicted octanol–water partition coefficient (Wildman–Crippen LogP) is 3.38. The second-order valence-electron chi connectivity index (χ2n) is 8.41. The SMILES string of the molecule is CCCOCCNC(=O)c1cccc2c1-c1ccc(CCC(=O)NCC)cc1C2COC(=O)NC. The van der Waals surface area contributed by atoms with Crippen molar-refractivity contribution in [3.63, 3.8) is 0 Å². The van der Waals surface area contributed by atoms with Crippen molar-refractivity contribution in [1.82, 2.24) is 16.0 Å². The normalized spacial score (nSPS) is 13.5. The molecule has 0 spiro atoms. The molecule has 0 aliphatic heterocycles. The van der Waals surface area contributed by atoms with Crippen molar-refractivity contribution in [3.05, 3.63) is 58.7 Å². The van der Waals surface area contributed by atoms with Crippen molar-refractivity contribution < 1.29 is 23.9 Å². The van der Waals surface area contributed by atoms with Crippen molar-refractivity contribution in [3.8, 4) is 11.1 Å². The van der Waals surface area contributed by atoms with Gasteiger partial charge in [-0.05, 0) is 53.6 Å². The Bertz CT molecular complexity index is 1050. The number of benzene rings is 2. The molecule has 35 heavy (non-hydrogen) atoms. The number of rotatable bonds is 12. The average Bonchev–Trinajstić information content (AvgIpc) is 3.18. The number of carbonyl (C=O) groups is 3. The second-order valence-corrected chi connectivity index (χ2v) is 8.41. The quantitative estimate of drug-likeness (QED) is 0.403. The summed E-state index contributed by atoms with van der Waals surface area (Å²) >= 11 is 0. The van der Waals surface area contributed by atoms with Gasteiger partial charge in [0.05, 0.1) is 6.61 Å². The van der Waals surface area contributed by atoms with Gasteiger partial charge in [0.1, 0.15) is 6.61 Å². The van der Waals surface area contributed by atoms with E-state index in [2.05, 4.69) is 22.0 Å².